The largest absolute Gasteiger partial charge is 1.00 e. The number of ether oxygens (including phenoxy) is 3. The van der Waals surface area contributed by atoms with Crippen molar-refractivity contribution in [2.75, 3.05) is 32.9 Å². The first-order valence-electron chi connectivity index (χ1n) is 8.91. The number of halogens is 1. The predicted octanol–water partition coefficient (Wildman–Crippen LogP) is 1.19. The Hall–Kier alpha value is -1.55. The van der Waals surface area contributed by atoms with Crippen LogP contribution in [0.1, 0.15) is 51.2 Å². The lowest BCUT2D eigenvalue weighted by Gasteiger charge is -2.25. The highest BCUT2D eigenvalue weighted by atomic mass is 35.5. The van der Waals surface area contributed by atoms with Gasteiger partial charge >= 0.3 is 5.69 Å². The van der Waals surface area contributed by atoms with Crippen LogP contribution in [0.5, 0.6) is 11.5 Å². The van der Waals surface area contributed by atoms with Gasteiger partial charge in [-0.05, 0) is 18.9 Å². The van der Waals surface area contributed by atoms with E-state index < -0.39 is 0 Å². The van der Waals surface area contributed by atoms with Gasteiger partial charge in [-0.25, -0.2) is 0 Å². The zero-order valence-corrected chi connectivity index (χ0v) is 15.8. The second-order valence-corrected chi connectivity index (χ2v) is 5.93. The molecule has 0 saturated carbocycles. The normalized spacial score (nSPS) is 16.6. The van der Waals surface area contributed by atoms with E-state index in [1.807, 2.05) is 6.07 Å². The van der Waals surface area contributed by atoms with Crippen molar-refractivity contribution in [3.8, 4) is 11.5 Å². The van der Waals surface area contributed by atoms with Gasteiger partial charge in [0.1, 0.15) is 5.75 Å². The van der Waals surface area contributed by atoms with Gasteiger partial charge in [0.25, 0.3) is 0 Å². The van der Waals surface area contributed by atoms with Crippen molar-refractivity contribution in [1.82, 2.24) is 5.32 Å². The Morgan fingerprint density at radius 2 is 1.84 bits per heavy atom. The molecule has 2 rings (SSSR count). The molecule has 1 saturated heterocycles. The van der Waals surface area contributed by atoms with E-state index in [1.165, 1.54) is 0 Å². The molecule has 1 aliphatic rings. The molecule has 0 radical (unpaired) electrons. The monoisotopic (exact) mass is 369 g/mol. The van der Waals surface area contributed by atoms with Crippen LogP contribution in [-0.4, -0.2) is 32.9 Å². The maximum absolute atomic E-state index is 9.32. The van der Waals surface area contributed by atoms with E-state index in [1.54, 1.807) is 6.07 Å². The first-order valence-corrected chi connectivity index (χ1v) is 8.91. The quantitative estimate of drug-likeness (QED) is 0.523. The van der Waals surface area contributed by atoms with Crippen LogP contribution in [0.3, 0.4) is 0 Å². The van der Waals surface area contributed by atoms with E-state index >= 15 is 0 Å². The average molecular weight is 370 g/mol. The Morgan fingerprint density at radius 1 is 1.16 bits per heavy atom. The summed E-state index contributed by atoms with van der Waals surface area (Å²) in [6.07, 6.45) is 3.95. The molecule has 0 aromatic heterocycles. The number of hydrogen-bond acceptors (Lipinski definition) is 5. The molecule has 0 spiro atoms. The highest BCUT2D eigenvalue weighted by Gasteiger charge is 2.26. The Morgan fingerprint density at radius 3 is 2.40 bits per heavy atom. The van der Waals surface area contributed by atoms with Gasteiger partial charge in [0.15, 0.2) is 4.98 Å². The molecule has 1 aliphatic heterocycles. The fourth-order valence-corrected chi connectivity index (χ4v) is 2.55. The fourth-order valence-electron chi connectivity index (χ4n) is 2.55. The third-order valence-electron chi connectivity index (χ3n) is 3.98. The fraction of sp³-hybridized carbons (Fsp3) is 0.667. The minimum atomic E-state index is -0.0864. The molecule has 140 valence electrons. The van der Waals surface area contributed by atoms with Crippen molar-refractivity contribution in [2.24, 2.45) is 0 Å². The SMILES string of the molecule is CCCCOc1cc(C2CNCCO2)c(OCCCC)cc1[N+]#N.[Cl-]. The second-order valence-electron chi connectivity index (χ2n) is 5.93. The van der Waals surface area contributed by atoms with Crippen LogP contribution in [0.4, 0.5) is 5.69 Å². The van der Waals surface area contributed by atoms with Crippen molar-refractivity contribution >= 4 is 5.69 Å². The Kier molecular flexibility index (Phi) is 10.2. The zero-order chi connectivity index (χ0) is 17.2. The summed E-state index contributed by atoms with van der Waals surface area (Å²) < 4.78 is 17.6. The van der Waals surface area contributed by atoms with E-state index in [0.29, 0.717) is 37.0 Å². The number of morpholine rings is 1. The van der Waals surface area contributed by atoms with E-state index in [0.717, 1.165) is 44.3 Å². The Balaban J connectivity index is 0.00000312. The lowest BCUT2D eigenvalue weighted by Crippen LogP contribution is -3.00. The minimum absolute atomic E-state index is 0. The third-order valence-corrected chi connectivity index (χ3v) is 3.98. The van der Waals surface area contributed by atoms with Crippen LogP contribution >= 0.6 is 0 Å². The number of rotatable bonds is 9. The maximum atomic E-state index is 9.32. The minimum Gasteiger partial charge on any atom is -1.00 e. The number of nitrogens with zero attached hydrogens (tertiary/aromatic N) is 2. The molecule has 1 aromatic carbocycles. The van der Waals surface area contributed by atoms with Crippen LogP contribution < -0.4 is 27.2 Å². The predicted molar refractivity (Wildman–Crippen MR) is 93.6 cm³/mol. The summed E-state index contributed by atoms with van der Waals surface area (Å²) in [5.41, 5.74) is 1.34. The molecule has 1 heterocycles. The number of benzene rings is 1. The zero-order valence-electron chi connectivity index (χ0n) is 15.1. The van der Waals surface area contributed by atoms with Crippen molar-refractivity contribution in [3.63, 3.8) is 0 Å². The summed E-state index contributed by atoms with van der Waals surface area (Å²) in [6.45, 7) is 7.70. The average Bonchev–Trinajstić information content (AvgIpc) is 2.63. The molecule has 1 N–H and O–H groups in total. The van der Waals surface area contributed by atoms with Gasteiger partial charge in [0.05, 0.1) is 32.0 Å². The summed E-state index contributed by atoms with van der Waals surface area (Å²) in [5, 5.41) is 12.7. The molecule has 0 bridgehead atoms. The summed E-state index contributed by atoms with van der Waals surface area (Å²) in [4.78, 5) is 3.36. The van der Waals surface area contributed by atoms with Gasteiger partial charge in [0, 0.05) is 18.7 Å². The first kappa shape index (κ1) is 21.5. The van der Waals surface area contributed by atoms with E-state index in [4.69, 9.17) is 14.2 Å². The molecule has 0 amide bonds. The standard InChI is InChI=1S/C18H28N3O3.ClH/c1-3-5-8-22-16-12-15(21-19)17(23-9-6-4-2)11-14(16)18-13-20-7-10-24-18;/h11-12,18,20H,3-10,13H2,1-2H3;1H/q+1;/p-1. The molecular weight excluding hydrogens is 342 g/mol. The van der Waals surface area contributed by atoms with Gasteiger partial charge in [-0.2, -0.15) is 0 Å². The molecule has 6 nitrogen and oxygen atoms in total. The number of unbranched alkanes of at least 4 members (excludes halogenated alkanes) is 2. The summed E-state index contributed by atoms with van der Waals surface area (Å²) >= 11 is 0. The van der Waals surface area contributed by atoms with Crippen molar-refractivity contribution in [1.29, 1.82) is 5.39 Å². The van der Waals surface area contributed by atoms with Crippen LogP contribution in [0, 0.1) is 5.39 Å². The smallest absolute Gasteiger partial charge is 0.430 e. The van der Waals surface area contributed by atoms with Crippen LogP contribution in [0.25, 0.3) is 4.98 Å². The number of hydrogen-bond donors (Lipinski definition) is 1. The molecule has 1 unspecified atom stereocenters. The number of diazo groups is 1. The van der Waals surface area contributed by atoms with Gasteiger partial charge in [0.2, 0.25) is 11.1 Å². The molecule has 1 atom stereocenters. The summed E-state index contributed by atoms with van der Waals surface area (Å²) in [5.74, 6) is 1.27. The highest BCUT2D eigenvalue weighted by molar-refractivity contribution is 5.63. The molecule has 0 aliphatic carbocycles. The molecular formula is C18H28ClN3O3. The van der Waals surface area contributed by atoms with E-state index in [2.05, 4.69) is 24.1 Å². The summed E-state index contributed by atoms with van der Waals surface area (Å²) in [6, 6.07) is 3.63. The molecule has 25 heavy (non-hydrogen) atoms. The van der Waals surface area contributed by atoms with Crippen LogP contribution in [0.2, 0.25) is 0 Å². The van der Waals surface area contributed by atoms with Gasteiger partial charge in [-0.1, -0.05) is 26.7 Å². The maximum Gasteiger partial charge on any atom is 0.430 e. The first-order chi connectivity index (χ1) is 11.8. The van der Waals surface area contributed by atoms with Gasteiger partial charge in [-0.3, -0.25) is 0 Å². The lowest BCUT2D eigenvalue weighted by molar-refractivity contribution is -0.00000979. The molecule has 7 heteroatoms. The molecule has 1 fully saturated rings. The van der Waals surface area contributed by atoms with Crippen molar-refractivity contribution < 1.29 is 26.6 Å². The van der Waals surface area contributed by atoms with E-state index in [-0.39, 0.29) is 18.5 Å². The summed E-state index contributed by atoms with van der Waals surface area (Å²) in [7, 11) is 0. The second kappa shape index (κ2) is 11.9. The topological polar surface area (TPSA) is 67.9 Å². The number of nitrogens with one attached hydrogen (secondary N) is 1. The Labute approximate surface area is 156 Å². The molecule has 1 aromatic rings. The van der Waals surface area contributed by atoms with Gasteiger partial charge in [-0.15, -0.1) is 0 Å². The van der Waals surface area contributed by atoms with E-state index in [9.17, 15) is 5.39 Å². The Bertz CT molecular complexity index is 557. The van der Waals surface area contributed by atoms with Crippen LogP contribution in [0.15, 0.2) is 12.1 Å². The van der Waals surface area contributed by atoms with Crippen LogP contribution in [-0.2, 0) is 4.74 Å². The highest BCUT2D eigenvalue weighted by Crippen LogP contribution is 2.39. The van der Waals surface area contributed by atoms with Crippen molar-refractivity contribution in [2.45, 2.75) is 45.6 Å². The van der Waals surface area contributed by atoms with Crippen molar-refractivity contribution in [3.05, 3.63) is 22.7 Å². The van der Waals surface area contributed by atoms with Gasteiger partial charge < -0.3 is 31.9 Å². The third kappa shape index (κ3) is 6.35. The lowest BCUT2D eigenvalue weighted by atomic mass is 10.1.